The van der Waals surface area contributed by atoms with Gasteiger partial charge in [0, 0.05) is 23.9 Å². The molecule has 1 aliphatic rings. The zero-order chi connectivity index (χ0) is 24.8. The Bertz CT molecular complexity index is 1140. The Balaban J connectivity index is 1.49. The van der Waals surface area contributed by atoms with Crippen molar-refractivity contribution in [3.8, 4) is 0 Å². The minimum atomic E-state index is -0.475. The quantitative estimate of drug-likeness (QED) is 0.253. The standard InChI is InChI=1S/C26H35ClN6OS/c1-4-15-35-25-31-22(29-16-18(2)3)21-17-30-33(23(21)32-25)14-13-28-24(34)26(11-5-6-12-26)19-7-9-20(27)10-8-19/h7-10,17-18H,4-6,11-16H2,1-3H3,(H,28,34)(H,29,31,32). The van der Waals surface area contributed by atoms with E-state index in [9.17, 15) is 4.79 Å². The third-order valence-corrected chi connectivity index (χ3v) is 7.79. The molecule has 9 heteroatoms. The molecular formula is C26H35ClN6OS. The summed E-state index contributed by atoms with van der Waals surface area (Å²) in [5.41, 5.74) is 1.37. The number of carbonyl (C=O) groups excluding carboxylic acids is 1. The lowest BCUT2D eigenvalue weighted by atomic mass is 9.78. The molecule has 1 saturated carbocycles. The van der Waals surface area contributed by atoms with Gasteiger partial charge in [-0.25, -0.2) is 14.6 Å². The zero-order valence-corrected chi connectivity index (χ0v) is 22.4. The van der Waals surface area contributed by atoms with Crippen molar-refractivity contribution in [1.82, 2.24) is 25.1 Å². The highest BCUT2D eigenvalue weighted by atomic mass is 35.5. The SMILES string of the molecule is CCCSc1nc(NCC(C)C)c2cnn(CCNC(=O)C3(c4ccc(Cl)cc4)CCCC3)c2n1. The largest absolute Gasteiger partial charge is 0.369 e. The Labute approximate surface area is 216 Å². The minimum Gasteiger partial charge on any atom is -0.369 e. The Hall–Kier alpha value is -2.32. The average molecular weight is 515 g/mol. The number of aromatic nitrogens is 4. The summed E-state index contributed by atoms with van der Waals surface area (Å²) in [7, 11) is 0. The maximum absolute atomic E-state index is 13.4. The highest BCUT2D eigenvalue weighted by Crippen LogP contribution is 2.41. The molecule has 188 valence electrons. The fourth-order valence-corrected chi connectivity index (χ4v) is 5.45. The van der Waals surface area contributed by atoms with Gasteiger partial charge in [0.2, 0.25) is 5.91 Å². The third kappa shape index (κ3) is 5.92. The van der Waals surface area contributed by atoms with Crippen LogP contribution in [0.2, 0.25) is 5.02 Å². The van der Waals surface area contributed by atoms with Crippen LogP contribution in [-0.2, 0) is 16.8 Å². The van der Waals surface area contributed by atoms with E-state index in [2.05, 4.69) is 36.5 Å². The molecule has 1 aromatic carbocycles. The van der Waals surface area contributed by atoms with Crippen LogP contribution in [0.25, 0.3) is 11.0 Å². The van der Waals surface area contributed by atoms with E-state index in [1.54, 1.807) is 11.8 Å². The van der Waals surface area contributed by atoms with Gasteiger partial charge in [0.1, 0.15) is 5.82 Å². The fraction of sp³-hybridized carbons (Fsp3) is 0.538. The number of amides is 1. The maximum atomic E-state index is 13.4. The molecule has 7 nitrogen and oxygen atoms in total. The van der Waals surface area contributed by atoms with Crippen molar-refractivity contribution in [2.45, 2.75) is 70.0 Å². The number of hydrogen-bond acceptors (Lipinski definition) is 6. The van der Waals surface area contributed by atoms with Gasteiger partial charge in [-0.2, -0.15) is 5.10 Å². The first kappa shape index (κ1) is 25.8. The molecule has 0 saturated heterocycles. The van der Waals surface area contributed by atoms with Crippen molar-refractivity contribution in [3.63, 3.8) is 0 Å². The third-order valence-electron chi connectivity index (χ3n) is 6.49. The maximum Gasteiger partial charge on any atom is 0.230 e. The summed E-state index contributed by atoms with van der Waals surface area (Å²) in [6, 6.07) is 7.73. The molecule has 0 aliphatic heterocycles. The Morgan fingerprint density at radius 1 is 1.20 bits per heavy atom. The zero-order valence-electron chi connectivity index (χ0n) is 20.8. The van der Waals surface area contributed by atoms with Crippen molar-refractivity contribution in [2.24, 2.45) is 5.92 Å². The summed E-state index contributed by atoms with van der Waals surface area (Å²) in [4.78, 5) is 22.9. The average Bonchev–Trinajstić information content (AvgIpc) is 3.50. The van der Waals surface area contributed by atoms with Crippen LogP contribution in [0.5, 0.6) is 0 Å². The molecule has 3 aromatic rings. The summed E-state index contributed by atoms with van der Waals surface area (Å²) >= 11 is 7.75. The highest BCUT2D eigenvalue weighted by molar-refractivity contribution is 7.99. The van der Waals surface area contributed by atoms with Crippen LogP contribution in [0, 0.1) is 5.92 Å². The van der Waals surface area contributed by atoms with Gasteiger partial charge >= 0.3 is 0 Å². The number of anilines is 1. The number of nitrogens with zero attached hydrogens (tertiary/aromatic N) is 4. The minimum absolute atomic E-state index is 0.0851. The van der Waals surface area contributed by atoms with E-state index < -0.39 is 5.41 Å². The molecule has 1 amide bonds. The van der Waals surface area contributed by atoms with Crippen LogP contribution in [0.1, 0.15) is 58.4 Å². The summed E-state index contributed by atoms with van der Waals surface area (Å²) in [6.07, 6.45) is 6.71. The second kappa shape index (κ2) is 11.6. The van der Waals surface area contributed by atoms with Gasteiger partial charge in [0.25, 0.3) is 0 Å². The lowest BCUT2D eigenvalue weighted by molar-refractivity contribution is -0.126. The van der Waals surface area contributed by atoms with E-state index in [-0.39, 0.29) is 5.91 Å². The molecule has 2 aromatic heterocycles. The molecule has 0 spiro atoms. The van der Waals surface area contributed by atoms with Crippen molar-refractivity contribution in [2.75, 3.05) is 24.2 Å². The Kier molecular flexibility index (Phi) is 8.55. The first-order valence-corrected chi connectivity index (χ1v) is 13.9. The molecular weight excluding hydrogens is 480 g/mol. The van der Waals surface area contributed by atoms with E-state index >= 15 is 0 Å². The molecule has 2 heterocycles. The monoisotopic (exact) mass is 514 g/mol. The highest BCUT2D eigenvalue weighted by Gasteiger charge is 2.42. The van der Waals surface area contributed by atoms with Gasteiger partial charge in [0.05, 0.1) is 23.5 Å². The Morgan fingerprint density at radius 2 is 1.94 bits per heavy atom. The molecule has 0 atom stereocenters. The fourth-order valence-electron chi connectivity index (χ4n) is 4.63. The molecule has 1 fully saturated rings. The molecule has 2 N–H and O–H groups in total. The number of benzene rings is 1. The molecule has 1 aliphatic carbocycles. The second-order valence-corrected chi connectivity index (χ2v) is 11.1. The van der Waals surface area contributed by atoms with Gasteiger partial charge in [-0.3, -0.25) is 4.79 Å². The second-order valence-electron chi connectivity index (χ2n) is 9.63. The molecule has 35 heavy (non-hydrogen) atoms. The van der Waals surface area contributed by atoms with Crippen LogP contribution in [0.4, 0.5) is 5.82 Å². The summed E-state index contributed by atoms with van der Waals surface area (Å²) in [6.45, 7) is 8.36. The summed E-state index contributed by atoms with van der Waals surface area (Å²) in [5.74, 6) is 2.37. The number of rotatable bonds is 11. The van der Waals surface area contributed by atoms with Gasteiger partial charge in [-0.15, -0.1) is 0 Å². The number of carbonyl (C=O) groups is 1. The van der Waals surface area contributed by atoms with Gasteiger partial charge in [0.15, 0.2) is 10.8 Å². The van der Waals surface area contributed by atoms with Gasteiger partial charge in [-0.1, -0.05) is 69.1 Å². The van der Waals surface area contributed by atoms with E-state index in [0.717, 1.165) is 72.0 Å². The Morgan fingerprint density at radius 3 is 2.63 bits per heavy atom. The van der Waals surface area contributed by atoms with Crippen molar-refractivity contribution < 1.29 is 4.79 Å². The predicted octanol–water partition coefficient (Wildman–Crippen LogP) is 5.68. The van der Waals surface area contributed by atoms with Crippen molar-refractivity contribution in [3.05, 3.63) is 41.0 Å². The first-order chi connectivity index (χ1) is 16.9. The molecule has 0 unspecified atom stereocenters. The molecule has 0 bridgehead atoms. The van der Waals surface area contributed by atoms with Crippen molar-refractivity contribution in [1.29, 1.82) is 0 Å². The first-order valence-electron chi connectivity index (χ1n) is 12.6. The van der Waals surface area contributed by atoms with Crippen LogP contribution >= 0.6 is 23.4 Å². The molecule has 4 rings (SSSR count). The van der Waals surface area contributed by atoms with E-state index in [1.807, 2.05) is 35.1 Å². The summed E-state index contributed by atoms with van der Waals surface area (Å²) < 4.78 is 1.87. The van der Waals surface area contributed by atoms with Crippen LogP contribution in [-0.4, -0.2) is 44.5 Å². The van der Waals surface area contributed by atoms with E-state index in [4.69, 9.17) is 21.6 Å². The lowest BCUT2D eigenvalue weighted by Gasteiger charge is -2.28. The number of nitrogens with one attached hydrogen (secondary N) is 2. The molecule has 0 radical (unpaired) electrons. The normalized spacial score (nSPS) is 15.1. The predicted molar refractivity (Wildman–Crippen MR) is 144 cm³/mol. The number of halogens is 1. The van der Waals surface area contributed by atoms with Crippen LogP contribution in [0.3, 0.4) is 0 Å². The van der Waals surface area contributed by atoms with E-state index in [0.29, 0.717) is 24.0 Å². The summed E-state index contributed by atoms with van der Waals surface area (Å²) in [5, 5.41) is 13.6. The van der Waals surface area contributed by atoms with Crippen LogP contribution in [0.15, 0.2) is 35.6 Å². The van der Waals surface area contributed by atoms with Gasteiger partial charge < -0.3 is 10.6 Å². The van der Waals surface area contributed by atoms with Crippen LogP contribution < -0.4 is 10.6 Å². The number of thioether (sulfide) groups is 1. The number of hydrogen-bond donors (Lipinski definition) is 2. The lowest BCUT2D eigenvalue weighted by Crippen LogP contribution is -2.43. The van der Waals surface area contributed by atoms with E-state index in [1.165, 1.54) is 0 Å². The van der Waals surface area contributed by atoms with Gasteiger partial charge in [-0.05, 0) is 42.9 Å². The van der Waals surface area contributed by atoms with Crippen molar-refractivity contribution >= 4 is 46.1 Å². The topological polar surface area (TPSA) is 84.7 Å². The smallest absolute Gasteiger partial charge is 0.230 e. The number of fused-ring (bicyclic) bond motifs is 1.